The number of rotatable bonds is 13. The van der Waals surface area contributed by atoms with Gasteiger partial charge < -0.3 is 9.15 Å². The van der Waals surface area contributed by atoms with Gasteiger partial charge in [-0.15, -0.1) is 0 Å². The van der Waals surface area contributed by atoms with Crippen LogP contribution >= 0.6 is 0 Å². The molecule has 22 heavy (non-hydrogen) atoms. The second kappa shape index (κ2) is 12.0. The van der Waals surface area contributed by atoms with Gasteiger partial charge in [0.25, 0.3) is 0 Å². The van der Waals surface area contributed by atoms with E-state index in [4.69, 9.17) is 9.15 Å². The Morgan fingerprint density at radius 1 is 1.00 bits per heavy atom. The monoisotopic (exact) mass is 308 g/mol. The lowest BCUT2D eigenvalue weighted by molar-refractivity contribution is 0.0460. The van der Waals surface area contributed by atoms with E-state index in [2.05, 4.69) is 6.92 Å². The number of hydrogen-bond acceptors (Lipinski definition) is 4. The van der Waals surface area contributed by atoms with Crippen molar-refractivity contribution in [3.8, 4) is 0 Å². The average Bonchev–Trinajstić information content (AvgIpc) is 3.01. The van der Waals surface area contributed by atoms with Crippen molar-refractivity contribution in [1.29, 1.82) is 0 Å². The van der Waals surface area contributed by atoms with Crippen LogP contribution in [0.15, 0.2) is 16.5 Å². The first-order valence-electron chi connectivity index (χ1n) is 8.50. The fourth-order valence-electron chi connectivity index (χ4n) is 2.35. The minimum absolute atomic E-state index is 0.0918. The molecule has 0 atom stereocenters. The first-order chi connectivity index (χ1) is 10.8. The van der Waals surface area contributed by atoms with E-state index < -0.39 is 5.97 Å². The van der Waals surface area contributed by atoms with Gasteiger partial charge in [-0.1, -0.05) is 64.7 Å². The van der Waals surface area contributed by atoms with Gasteiger partial charge >= 0.3 is 5.97 Å². The summed E-state index contributed by atoms with van der Waals surface area (Å²) in [6.45, 7) is 2.65. The summed E-state index contributed by atoms with van der Waals surface area (Å²) in [5.41, 5.74) is 0. The third kappa shape index (κ3) is 8.01. The fourth-order valence-corrected chi connectivity index (χ4v) is 2.35. The molecule has 1 aromatic rings. The molecule has 0 bridgehead atoms. The second-order valence-electron chi connectivity index (χ2n) is 5.64. The van der Waals surface area contributed by atoms with Gasteiger partial charge in [0.05, 0.1) is 6.61 Å². The van der Waals surface area contributed by atoms with Crippen molar-refractivity contribution in [1.82, 2.24) is 0 Å². The molecule has 1 heterocycles. The van der Waals surface area contributed by atoms with Crippen LogP contribution in [0, 0.1) is 0 Å². The Hall–Kier alpha value is -1.58. The largest absolute Gasteiger partial charge is 0.460 e. The predicted molar refractivity (Wildman–Crippen MR) is 86.2 cm³/mol. The van der Waals surface area contributed by atoms with Crippen LogP contribution in [0.2, 0.25) is 0 Å². The summed E-state index contributed by atoms with van der Waals surface area (Å²) >= 11 is 0. The summed E-state index contributed by atoms with van der Waals surface area (Å²) < 4.78 is 10.1. The zero-order valence-corrected chi connectivity index (χ0v) is 13.6. The van der Waals surface area contributed by atoms with Gasteiger partial charge in [-0.3, -0.25) is 4.79 Å². The van der Waals surface area contributed by atoms with E-state index in [0.29, 0.717) is 12.9 Å². The van der Waals surface area contributed by atoms with Crippen LogP contribution in [0.25, 0.3) is 0 Å². The topological polar surface area (TPSA) is 56.5 Å². The van der Waals surface area contributed by atoms with Crippen molar-refractivity contribution in [2.45, 2.75) is 71.1 Å². The maximum absolute atomic E-state index is 11.6. The van der Waals surface area contributed by atoms with Crippen LogP contribution < -0.4 is 0 Å². The molecule has 1 aromatic heterocycles. The van der Waals surface area contributed by atoms with Crippen molar-refractivity contribution in [2.24, 2.45) is 0 Å². The van der Waals surface area contributed by atoms with Crippen molar-refractivity contribution in [3.63, 3.8) is 0 Å². The Balaban J connectivity index is 1.92. The molecule has 4 heteroatoms. The molecule has 0 saturated carbocycles. The number of hydrogen-bond donors (Lipinski definition) is 0. The molecule has 0 aliphatic carbocycles. The Morgan fingerprint density at radius 3 is 2.14 bits per heavy atom. The average molecular weight is 308 g/mol. The Kier molecular flexibility index (Phi) is 10.1. The number of carbonyl (C=O) groups excluding carboxylic acids is 2. The first kappa shape index (κ1) is 18.5. The van der Waals surface area contributed by atoms with E-state index in [1.165, 1.54) is 63.5 Å². The smallest absolute Gasteiger partial charge is 0.374 e. The zero-order chi connectivity index (χ0) is 16.0. The van der Waals surface area contributed by atoms with Crippen molar-refractivity contribution >= 4 is 12.3 Å². The van der Waals surface area contributed by atoms with E-state index in [1.807, 2.05) is 0 Å². The molecular weight excluding hydrogens is 280 g/mol. The minimum atomic E-state index is -0.496. The Labute approximate surface area is 133 Å². The lowest BCUT2D eigenvalue weighted by Gasteiger charge is -2.03. The summed E-state index contributed by atoms with van der Waals surface area (Å²) in [5.74, 6) is -0.260. The Morgan fingerprint density at radius 2 is 1.59 bits per heavy atom. The van der Waals surface area contributed by atoms with Gasteiger partial charge in [0.15, 0.2) is 12.0 Å². The molecule has 4 nitrogen and oxygen atoms in total. The molecule has 0 saturated heterocycles. The highest BCUT2D eigenvalue weighted by Crippen LogP contribution is 2.11. The zero-order valence-electron chi connectivity index (χ0n) is 13.6. The van der Waals surface area contributed by atoms with Crippen LogP contribution in [0.5, 0.6) is 0 Å². The summed E-state index contributed by atoms with van der Waals surface area (Å²) in [4.78, 5) is 22.1. The van der Waals surface area contributed by atoms with Crippen LogP contribution in [-0.4, -0.2) is 18.9 Å². The second-order valence-corrected chi connectivity index (χ2v) is 5.64. The molecule has 0 N–H and O–H groups in total. The van der Waals surface area contributed by atoms with Crippen LogP contribution in [0.3, 0.4) is 0 Å². The van der Waals surface area contributed by atoms with E-state index in [0.717, 1.165) is 12.8 Å². The van der Waals surface area contributed by atoms with Crippen LogP contribution in [-0.2, 0) is 4.74 Å². The molecule has 0 aliphatic heterocycles. The molecule has 0 spiro atoms. The maximum Gasteiger partial charge on any atom is 0.374 e. The van der Waals surface area contributed by atoms with E-state index in [9.17, 15) is 9.59 Å². The normalized spacial score (nSPS) is 10.6. The molecule has 0 amide bonds. The van der Waals surface area contributed by atoms with Gasteiger partial charge in [0, 0.05) is 0 Å². The fraction of sp³-hybridized carbons (Fsp3) is 0.667. The molecule has 0 aliphatic rings. The van der Waals surface area contributed by atoms with E-state index in [-0.39, 0.29) is 11.5 Å². The van der Waals surface area contributed by atoms with Gasteiger partial charge in [-0.2, -0.15) is 0 Å². The molecule has 1 rings (SSSR count). The van der Waals surface area contributed by atoms with Gasteiger partial charge in [0.1, 0.15) is 0 Å². The van der Waals surface area contributed by atoms with Gasteiger partial charge in [0.2, 0.25) is 5.76 Å². The first-order valence-corrected chi connectivity index (χ1v) is 8.50. The van der Waals surface area contributed by atoms with Gasteiger partial charge in [-0.25, -0.2) is 4.79 Å². The van der Waals surface area contributed by atoms with E-state index >= 15 is 0 Å². The summed E-state index contributed by atoms with van der Waals surface area (Å²) in [6, 6.07) is 2.93. The van der Waals surface area contributed by atoms with Crippen molar-refractivity contribution in [2.75, 3.05) is 6.61 Å². The summed E-state index contributed by atoms with van der Waals surface area (Å²) in [6.07, 6.45) is 13.0. The number of unbranched alkanes of at least 4 members (excludes halogenated alkanes) is 9. The number of ether oxygens (including phenoxy) is 1. The summed E-state index contributed by atoms with van der Waals surface area (Å²) in [5, 5.41) is 0. The standard InChI is InChI=1S/C18H28O4/c1-2-3-4-5-6-7-8-9-10-11-14-21-18(20)17-13-12-16(15-19)22-17/h12-13,15H,2-11,14H2,1H3. The van der Waals surface area contributed by atoms with Gasteiger partial charge in [-0.05, 0) is 18.6 Å². The highest BCUT2D eigenvalue weighted by Gasteiger charge is 2.11. The van der Waals surface area contributed by atoms with Crippen molar-refractivity contribution < 1.29 is 18.7 Å². The Bertz CT molecular complexity index is 422. The molecule has 0 radical (unpaired) electrons. The highest BCUT2D eigenvalue weighted by molar-refractivity contribution is 5.87. The predicted octanol–water partition coefficient (Wildman–Crippen LogP) is 5.17. The number of aldehydes is 1. The third-order valence-corrected chi connectivity index (χ3v) is 3.68. The van der Waals surface area contributed by atoms with Crippen molar-refractivity contribution in [3.05, 3.63) is 23.7 Å². The third-order valence-electron chi connectivity index (χ3n) is 3.68. The van der Waals surface area contributed by atoms with E-state index in [1.54, 1.807) is 0 Å². The summed E-state index contributed by atoms with van der Waals surface area (Å²) in [7, 11) is 0. The molecule has 0 aromatic carbocycles. The van der Waals surface area contributed by atoms with Crippen LogP contribution in [0.1, 0.15) is 92.2 Å². The highest BCUT2D eigenvalue weighted by atomic mass is 16.5. The lowest BCUT2D eigenvalue weighted by Crippen LogP contribution is -2.05. The molecule has 124 valence electrons. The molecular formula is C18H28O4. The number of furan rings is 1. The maximum atomic E-state index is 11.6. The van der Waals surface area contributed by atoms with Crippen LogP contribution in [0.4, 0.5) is 0 Å². The molecule has 0 fully saturated rings. The lowest BCUT2D eigenvalue weighted by atomic mass is 10.1. The SMILES string of the molecule is CCCCCCCCCCCCOC(=O)c1ccc(C=O)o1. The number of carbonyl (C=O) groups is 2. The molecule has 0 unspecified atom stereocenters. The minimum Gasteiger partial charge on any atom is -0.460 e. The quantitative estimate of drug-likeness (QED) is 0.286. The number of esters is 1.